The summed E-state index contributed by atoms with van der Waals surface area (Å²) in [6.07, 6.45) is 3.69. The number of amides is 1. The molecule has 3 aromatic rings. The van der Waals surface area contributed by atoms with Crippen LogP contribution in [0.15, 0.2) is 30.3 Å². The number of imidazole rings is 1. The fourth-order valence-electron chi connectivity index (χ4n) is 4.94. The van der Waals surface area contributed by atoms with Gasteiger partial charge in [0.05, 0.1) is 12.1 Å². The van der Waals surface area contributed by atoms with Gasteiger partial charge < -0.3 is 18.9 Å². The summed E-state index contributed by atoms with van der Waals surface area (Å²) in [6, 6.07) is 10.3. The molecular weight excluding hydrogens is 390 g/mol. The molecule has 0 N–H and O–H groups in total. The molecule has 31 heavy (non-hydrogen) atoms. The van der Waals surface area contributed by atoms with E-state index in [1.807, 2.05) is 41.6 Å². The van der Waals surface area contributed by atoms with Crippen LogP contribution in [0.4, 0.5) is 0 Å². The number of hydrogen-bond acceptors (Lipinski definition) is 4. The van der Waals surface area contributed by atoms with Crippen molar-refractivity contribution in [3.63, 3.8) is 0 Å². The Labute approximate surface area is 182 Å². The molecular formula is C25H29N3O3. The number of nitrogens with zero attached hydrogens (tertiary/aromatic N) is 3. The Hall–Kier alpha value is -2.86. The molecule has 6 heteroatoms. The van der Waals surface area contributed by atoms with Gasteiger partial charge in [-0.2, -0.15) is 0 Å². The van der Waals surface area contributed by atoms with Crippen molar-refractivity contribution >= 4 is 16.9 Å². The number of ether oxygens (including phenoxy) is 2. The fraction of sp³-hybridized carbons (Fsp3) is 0.440. The van der Waals surface area contributed by atoms with Crippen LogP contribution in [0, 0.1) is 6.92 Å². The molecule has 1 atom stereocenters. The smallest absolute Gasteiger partial charge is 0.254 e. The summed E-state index contributed by atoms with van der Waals surface area (Å²) < 4.78 is 14.1. The molecule has 1 saturated heterocycles. The summed E-state index contributed by atoms with van der Waals surface area (Å²) in [7, 11) is 3.71. The van der Waals surface area contributed by atoms with Crippen molar-refractivity contribution < 1.29 is 14.3 Å². The molecule has 3 heterocycles. The second-order valence-corrected chi connectivity index (χ2v) is 8.59. The van der Waals surface area contributed by atoms with E-state index in [0.717, 1.165) is 83.6 Å². The van der Waals surface area contributed by atoms with Crippen molar-refractivity contribution in [3.8, 4) is 5.75 Å². The minimum absolute atomic E-state index is 0.0819. The Bertz CT molecular complexity index is 1140. The third kappa shape index (κ3) is 3.39. The lowest BCUT2D eigenvalue weighted by Gasteiger charge is -2.30. The second kappa shape index (κ2) is 8.00. The van der Waals surface area contributed by atoms with Crippen LogP contribution in [-0.4, -0.2) is 40.6 Å². The molecule has 0 radical (unpaired) electrons. The highest BCUT2D eigenvalue weighted by Crippen LogP contribution is 2.42. The minimum atomic E-state index is -0.0819. The van der Waals surface area contributed by atoms with Gasteiger partial charge in [0.1, 0.15) is 17.4 Å². The quantitative estimate of drug-likeness (QED) is 0.632. The number of carbonyl (C=O) groups is 1. The monoisotopic (exact) mass is 419 g/mol. The van der Waals surface area contributed by atoms with Gasteiger partial charge in [-0.25, -0.2) is 4.98 Å². The first-order valence-electron chi connectivity index (χ1n) is 11.1. The molecule has 0 saturated carbocycles. The van der Waals surface area contributed by atoms with Crippen LogP contribution in [-0.2, 0) is 24.8 Å². The first kappa shape index (κ1) is 20.1. The second-order valence-electron chi connectivity index (χ2n) is 8.59. The van der Waals surface area contributed by atoms with Gasteiger partial charge in [0.2, 0.25) is 0 Å². The van der Waals surface area contributed by atoms with E-state index < -0.39 is 0 Å². The molecule has 2 aromatic carbocycles. The van der Waals surface area contributed by atoms with E-state index in [2.05, 4.69) is 12.1 Å². The molecule has 5 rings (SSSR count). The average Bonchev–Trinajstić information content (AvgIpc) is 3.42. The van der Waals surface area contributed by atoms with Crippen LogP contribution < -0.4 is 4.74 Å². The summed E-state index contributed by atoms with van der Waals surface area (Å²) in [6.45, 7) is 4.21. The predicted molar refractivity (Wildman–Crippen MR) is 119 cm³/mol. The number of methoxy groups -OCH3 is 1. The average molecular weight is 420 g/mol. The van der Waals surface area contributed by atoms with Crippen LogP contribution in [0.3, 0.4) is 0 Å². The van der Waals surface area contributed by atoms with Gasteiger partial charge in [-0.3, -0.25) is 4.79 Å². The van der Waals surface area contributed by atoms with Gasteiger partial charge in [-0.05, 0) is 49.8 Å². The number of fused-ring (bicyclic) bond motifs is 3. The van der Waals surface area contributed by atoms with Gasteiger partial charge in [0, 0.05) is 38.4 Å². The maximum atomic E-state index is 13.4. The zero-order valence-electron chi connectivity index (χ0n) is 18.5. The SMILES string of the molecule is COCc1ccccc1[C@@H]1CCc2c(C(=O)N3CCCC3)cc3c(nc(C)n3C)c2O1. The number of likely N-dealkylation sites (tertiary alicyclic amines) is 1. The maximum Gasteiger partial charge on any atom is 0.254 e. The van der Waals surface area contributed by atoms with Crippen molar-refractivity contribution in [2.24, 2.45) is 7.05 Å². The Morgan fingerprint density at radius 1 is 1.26 bits per heavy atom. The van der Waals surface area contributed by atoms with Crippen molar-refractivity contribution in [3.05, 3.63) is 58.4 Å². The van der Waals surface area contributed by atoms with Crippen molar-refractivity contribution in [1.29, 1.82) is 0 Å². The molecule has 0 unspecified atom stereocenters. The van der Waals surface area contributed by atoms with Gasteiger partial charge in [-0.1, -0.05) is 24.3 Å². The zero-order chi connectivity index (χ0) is 21.5. The van der Waals surface area contributed by atoms with E-state index in [0.29, 0.717) is 6.61 Å². The molecule has 0 aliphatic carbocycles. The van der Waals surface area contributed by atoms with E-state index in [4.69, 9.17) is 14.5 Å². The van der Waals surface area contributed by atoms with Gasteiger partial charge in [-0.15, -0.1) is 0 Å². The maximum absolute atomic E-state index is 13.4. The first-order chi connectivity index (χ1) is 15.1. The van der Waals surface area contributed by atoms with E-state index in [-0.39, 0.29) is 12.0 Å². The Morgan fingerprint density at radius 3 is 2.81 bits per heavy atom. The van der Waals surface area contributed by atoms with Crippen LogP contribution in [0.2, 0.25) is 0 Å². The highest BCUT2D eigenvalue weighted by Gasteiger charge is 2.32. The topological polar surface area (TPSA) is 56.6 Å². The molecule has 2 aliphatic heterocycles. The molecule has 0 spiro atoms. The Kier molecular flexibility index (Phi) is 5.18. The summed E-state index contributed by atoms with van der Waals surface area (Å²) in [5.41, 5.74) is 5.86. The number of hydrogen-bond donors (Lipinski definition) is 0. The molecule has 1 fully saturated rings. The Morgan fingerprint density at radius 2 is 2.03 bits per heavy atom. The number of carbonyl (C=O) groups excluding carboxylic acids is 1. The molecule has 0 bridgehead atoms. The van der Waals surface area contributed by atoms with Crippen LogP contribution in [0.25, 0.3) is 11.0 Å². The summed E-state index contributed by atoms with van der Waals surface area (Å²) in [5.74, 6) is 1.80. The molecule has 162 valence electrons. The number of benzene rings is 2. The summed E-state index contributed by atoms with van der Waals surface area (Å²) in [5, 5.41) is 0. The number of aryl methyl sites for hydroxylation is 2. The molecule has 1 aromatic heterocycles. The highest BCUT2D eigenvalue weighted by molar-refractivity contribution is 6.01. The van der Waals surface area contributed by atoms with Crippen LogP contribution >= 0.6 is 0 Å². The van der Waals surface area contributed by atoms with E-state index >= 15 is 0 Å². The molecule has 1 amide bonds. The largest absolute Gasteiger partial charge is 0.483 e. The van der Waals surface area contributed by atoms with Crippen molar-refractivity contribution in [1.82, 2.24) is 14.5 Å². The molecule has 6 nitrogen and oxygen atoms in total. The van der Waals surface area contributed by atoms with E-state index in [1.54, 1.807) is 7.11 Å². The highest BCUT2D eigenvalue weighted by atomic mass is 16.5. The Balaban J connectivity index is 1.62. The van der Waals surface area contributed by atoms with E-state index in [1.165, 1.54) is 0 Å². The minimum Gasteiger partial charge on any atom is -0.483 e. The van der Waals surface area contributed by atoms with Gasteiger partial charge >= 0.3 is 0 Å². The number of aromatic nitrogens is 2. The molecule has 2 aliphatic rings. The van der Waals surface area contributed by atoms with Crippen molar-refractivity contribution in [2.75, 3.05) is 20.2 Å². The number of rotatable bonds is 4. The van der Waals surface area contributed by atoms with Crippen molar-refractivity contribution in [2.45, 2.75) is 45.3 Å². The van der Waals surface area contributed by atoms with Gasteiger partial charge in [0.15, 0.2) is 5.75 Å². The lowest BCUT2D eigenvalue weighted by atomic mass is 9.91. The normalized spacial score (nSPS) is 18.3. The van der Waals surface area contributed by atoms with E-state index in [9.17, 15) is 4.79 Å². The predicted octanol–water partition coefficient (Wildman–Crippen LogP) is 4.33. The summed E-state index contributed by atoms with van der Waals surface area (Å²) in [4.78, 5) is 20.2. The summed E-state index contributed by atoms with van der Waals surface area (Å²) >= 11 is 0. The zero-order valence-corrected chi connectivity index (χ0v) is 18.5. The standard InChI is InChI=1S/C25H29N3O3/c1-16-26-23-21(27(16)2)14-20(25(29)28-12-6-7-13-28)19-10-11-22(31-24(19)23)18-9-5-4-8-17(18)15-30-3/h4-5,8-9,14,22H,6-7,10-13,15H2,1-3H3/t22-/m0/s1. The third-order valence-corrected chi connectivity index (χ3v) is 6.70. The van der Waals surface area contributed by atoms with Crippen LogP contribution in [0.5, 0.6) is 5.75 Å². The van der Waals surface area contributed by atoms with Crippen LogP contribution in [0.1, 0.15) is 58.2 Å². The third-order valence-electron chi connectivity index (χ3n) is 6.70. The first-order valence-corrected chi connectivity index (χ1v) is 11.1. The lowest BCUT2D eigenvalue weighted by molar-refractivity contribution is 0.0789. The van der Waals surface area contributed by atoms with Gasteiger partial charge in [0.25, 0.3) is 5.91 Å². The lowest BCUT2D eigenvalue weighted by Crippen LogP contribution is -2.29. The fourth-order valence-corrected chi connectivity index (χ4v) is 4.94.